The number of nitrogens with one attached hydrogen (secondary N) is 1. The van der Waals surface area contributed by atoms with Gasteiger partial charge in [-0.2, -0.15) is 10.1 Å². The number of aromatic nitrogens is 4. The molecule has 0 radical (unpaired) electrons. The molecule has 4 heterocycles. The number of rotatable bonds is 10. The molecule has 44 heavy (non-hydrogen) atoms. The van der Waals surface area contributed by atoms with Crippen LogP contribution >= 0.6 is 0 Å². The lowest BCUT2D eigenvalue weighted by molar-refractivity contribution is -0.115. The summed E-state index contributed by atoms with van der Waals surface area (Å²) in [5.74, 6) is 1.72. The number of anilines is 1. The van der Waals surface area contributed by atoms with Crippen molar-refractivity contribution in [1.82, 2.24) is 19.2 Å². The molecule has 0 unspecified atom stereocenters. The van der Waals surface area contributed by atoms with Gasteiger partial charge in [0, 0.05) is 24.5 Å². The largest absolute Gasteiger partial charge is 0.489 e. The van der Waals surface area contributed by atoms with Gasteiger partial charge in [-0.3, -0.25) is 19.2 Å². The lowest BCUT2D eigenvalue weighted by atomic mass is 10.1. The molecule has 8 nitrogen and oxygen atoms in total. The highest BCUT2D eigenvalue weighted by Gasteiger charge is 2.17. The smallest absolute Gasteiger partial charge is 0.231 e. The molecule has 218 valence electrons. The first kappa shape index (κ1) is 27.2. The second-order valence-electron chi connectivity index (χ2n) is 10.9. The number of furan rings is 1. The molecular formula is C36H31N5O3. The quantitative estimate of drug-likeness (QED) is 0.184. The van der Waals surface area contributed by atoms with E-state index < -0.39 is 0 Å². The van der Waals surface area contributed by atoms with Crippen LogP contribution in [0, 0.1) is 6.92 Å². The predicted molar refractivity (Wildman–Crippen MR) is 171 cm³/mol. The summed E-state index contributed by atoms with van der Waals surface area (Å²) in [6.45, 7) is 3.27. The van der Waals surface area contributed by atoms with Gasteiger partial charge in [-0.15, -0.1) is 0 Å². The Bertz CT molecular complexity index is 2020. The van der Waals surface area contributed by atoms with Crippen LogP contribution in [0.25, 0.3) is 27.9 Å². The lowest BCUT2D eigenvalue weighted by Gasteiger charge is -2.09. The average Bonchev–Trinajstić information content (AvgIpc) is 3.81. The molecule has 8 heteroatoms. The molecule has 0 aliphatic heterocycles. The average molecular weight is 582 g/mol. The first-order valence-electron chi connectivity index (χ1n) is 14.6. The Kier molecular flexibility index (Phi) is 7.38. The van der Waals surface area contributed by atoms with Crippen molar-refractivity contribution >= 4 is 28.4 Å². The van der Waals surface area contributed by atoms with Crippen molar-refractivity contribution in [3.8, 4) is 17.1 Å². The predicted octanol–water partition coefficient (Wildman–Crippen LogP) is 7.26. The number of hydrogen-bond acceptors (Lipinski definition) is 5. The number of carbonyl (C=O) groups excluding carboxylic acids is 1. The van der Waals surface area contributed by atoms with E-state index in [0.29, 0.717) is 24.7 Å². The van der Waals surface area contributed by atoms with Crippen molar-refractivity contribution in [3.05, 3.63) is 138 Å². The van der Waals surface area contributed by atoms with Gasteiger partial charge in [-0.1, -0.05) is 72.3 Å². The molecule has 7 aromatic rings. The van der Waals surface area contributed by atoms with E-state index in [-0.39, 0.29) is 12.3 Å². The summed E-state index contributed by atoms with van der Waals surface area (Å²) in [6, 6.07) is 32.0. The minimum atomic E-state index is -0.178. The highest BCUT2D eigenvalue weighted by atomic mass is 16.5. The number of amides is 1. The molecule has 1 amide bonds. The van der Waals surface area contributed by atoms with Crippen LogP contribution < -0.4 is 10.1 Å². The fraction of sp³-hybridized carbons (Fsp3) is 0.139. The summed E-state index contributed by atoms with van der Waals surface area (Å²) in [4.78, 5) is 18.0. The van der Waals surface area contributed by atoms with Crippen molar-refractivity contribution < 1.29 is 13.9 Å². The first-order valence-corrected chi connectivity index (χ1v) is 14.6. The topological polar surface area (TPSA) is 86.6 Å². The number of benzene rings is 3. The standard InChI is InChI=1S/C36H31N5O3/c1-25-9-11-28(12-10-25)24-44-30-15-13-27(14-16-30)20-34(42)37-36-38-35-31(23-40(39-35)18-17-26-6-3-2-4-7-26)32-21-29(22-41(32)36)33-8-5-19-43-33/h2-16,19,21-23H,17-18,20,24H2,1H3,(H,37,38,39,42). The molecule has 7 rings (SSSR count). The molecule has 0 saturated heterocycles. The number of nitrogens with zero attached hydrogens (tertiary/aromatic N) is 4. The molecule has 0 fully saturated rings. The van der Waals surface area contributed by atoms with Crippen molar-refractivity contribution in [2.45, 2.75) is 32.9 Å². The third-order valence-electron chi connectivity index (χ3n) is 7.62. The van der Waals surface area contributed by atoms with Crippen LogP contribution in [0.4, 0.5) is 5.95 Å². The Morgan fingerprint density at radius 1 is 0.886 bits per heavy atom. The summed E-state index contributed by atoms with van der Waals surface area (Å²) in [7, 11) is 0. The van der Waals surface area contributed by atoms with Gasteiger partial charge in [-0.05, 0) is 60.4 Å². The van der Waals surface area contributed by atoms with Gasteiger partial charge in [-0.25, -0.2) is 0 Å². The number of ether oxygens (including phenoxy) is 1. The Morgan fingerprint density at radius 2 is 1.68 bits per heavy atom. The number of aryl methyl sites for hydroxylation is 3. The maximum Gasteiger partial charge on any atom is 0.231 e. The zero-order valence-corrected chi connectivity index (χ0v) is 24.3. The fourth-order valence-corrected chi connectivity index (χ4v) is 5.25. The van der Waals surface area contributed by atoms with Crippen molar-refractivity contribution in [3.63, 3.8) is 0 Å². The van der Waals surface area contributed by atoms with Gasteiger partial charge >= 0.3 is 0 Å². The second kappa shape index (κ2) is 11.9. The van der Waals surface area contributed by atoms with Crippen molar-refractivity contribution in [1.29, 1.82) is 0 Å². The van der Waals surface area contributed by atoms with Gasteiger partial charge in [0.15, 0.2) is 5.65 Å². The van der Waals surface area contributed by atoms with E-state index in [1.807, 2.05) is 82.1 Å². The van der Waals surface area contributed by atoms with Gasteiger partial charge in [0.25, 0.3) is 0 Å². The van der Waals surface area contributed by atoms with E-state index in [2.05, 4.69) is 48.6 Å². The SMILES string of the molecule is Cc1ccc(COc2ccc(CC(=O)Nc3nc4nn(CCc5ccccc5)cc4c4cc(-c5ccco5)cn34)cc2)cc1. The van der Waals surface area contributed by atoms with E-state index in [1.54, 1.807) is 6.26 Å². The Balaban J connectivity index is 1.10. The van der Waals surface area contributed by atoms with E-state index in [4.69, 9.17) is 19.2 Å². The maximum absolute atomic E-state index is 13.2. The molecule has 0 bridgehead atoms. The monoisotopic (exact) mass is 581 g/mol. The van der Waals surface area contributed by atoms with Gasteiger partial charge in [0.1, 0.15) is 18.1 Å². The van der Waals surface area contributed by atoms with Crippen molar-refractivity contribution in [2.24, 2.45) is 0 Å². The maximum atomic E-state index is 13.2. The van der Waals surface area contributed by atoms with E-state index in [1.165, 1.54) is 11.1 Å². The molecule has 1 N–H and O–H groups in total. The molecule has 0 aliphatic rings. The number of fused-ring (bicyclic) bond motifs is 3. The summed E-state index contributed by atoms with van der Waals surface area (Å²) < 4.78 is 15.4. The van der Waals surface area contributed by atoms with E-state index in [0.717, 1.165) is 45.5 Å². The first-order chi connectivity index (χ1) is 21.6. The van der Waals surface area contributed by atoms with Crippen LogP contribution in [0.2, 0.25) is 0 Å². The highest BCUT2D eigenvalue weighted by molar-refractivity contribution is 5.97. The fourth-order valence-electron chi connectivity index (χ4n) is 5.25. The molecule has 0 atom stereocenters. The summed E-state index contributed by atoms with van der Waals surface area (Å²) in [5, 5.41) is 8.68. The molecule has 0 spiro atoms. The zero-order valence-electron chi connectivity index (χ0n) is 24.3. The third-order valence-corrected chi connectivity index (χ3v) is 7.62. The Hall–Kier alpha value is -5.63. The second-order valence-corrected chi connectivity index (χ2v) is 10.9. The van der Waals surface area contributed by atoms with Crippen LogP contribution in [0.15, 0.2) is 120 Å². The van der Waals surface area contributed by atoms with Crippen LogP contribution in [-0.2, 0) is 30.8 Å². The van der Waals surface area contributed by atoms with Crippen LogP contribution in [0.3, 0.4) is 0 Å². The summed E-state index contributed by atoms with van der Waals surface area (Å²) >= 11 is 0. The minimum absolute atomic E-state index is 0.178. The molecular weight excluding hydrogens is 550 g/mol. The zero-order chi connectivity index (χ0) is 29.9. The molecule has 3 aromatic carbocycles. The van der Waals surface area contributed by atoms with Gasteiger partial charge in [0.2, 0.25) is 11.9 Å². The van der Waals surface area contributed by atoms with Gasteiger partial charge in [0.05, 0.1) is 23.6 Å². The number of hydrogen-bond donors (Lipinski definition) is 1. The van der Waals surface area contributed by atoms with Crippen LogP contribution in [-0.4, -0.2) is 25.1 Å². The summed E-state index contributed by atoms with van der Waals surface area (Å²) in [6.07, 6.45) is 6.63. The normalized spacial score (nSPS) is 11.3. The Labute approximate surface area is 254 Å². The van der Waals surface area contributed by atoms with E-state index in [9.17, 15) is 4.79 Å². The highest BCUT2D eigenvalue weighted by Crippen LogP contribution is 2.29. The van der Waals surface area contributed by atoms with E-state index >= 15 is 0 Å². The molecule has 0 saturated carbocycles. The van der Waals surface area contributed by atoms with Crippen LogP contribution in [0.5, 0.6) is 5.75 Å². The third kappa shape index (κ3) is 5.96. The Morgan fingerprint density at radius 3 is 2.45 bits per heavy atom. The van der Waals surface area contributed by atoms with Crippen LogP contribution in [0.1, 0.15) is 22.3 Å². The van der Waals surface area contributed by atoms with Gasteiger partial charge < -0.3 is 9.15 Å². The molecule has 0 aliphatic carbocycles. The summed E-state index contributed by atoms with van der Waals surface area (Å²) in [5.41, 5.74) is 6.78. The number of carbonyl (C=O) groups is 1. The molecule has 4 aromatic heterocycles. The minimum Gasteiger partial charge on any atom is -0.489 e. The van der Waals surface area contributed by atoms with Crippen molar-refractivity contribution in [2.75, 3.05) is 5.32 Å². The lowest BCUT2D eigenvalue weighted by Crippen LogP contribution is -2.17.